The Morgan fingerprint density at radius 3 is 2.60 bits per heavy atom. The van der Waals surface area contributed by atoms with Crippen molar-refractivity contribution in [3.63, 3.8) is 0 Å². The predicted molar refractivity (Wildman–Crippen MR) is 124 cm³/mol. The van der Waals surface area contributed by atoms with Gasteiger partial charge in [0.2, 0.25) is 0 Å². The third kappa shape index (κ3) is 4.29. The molecule has 0 N–H and O–H groups in total. The van der Waals surface area contributed by atoms with E-state index in [2.05, 4.69) is 0 Å². The quantitative estimate of drug-likeness (QED) is 0.318. The zero-order valence-electron chi connectivity index (χ0n) is 16.1. The van der Waals surface area contributed by atoms with Gasteiger partial charge in [-0.05, 0) is 42.8 Å². The van der Waals surface area contributed by atoms with Gasteiger partial charge in [0.1, 0.15) is 11.3 Å². The lowest BCUT2D eigenvalue weighted by atomic mass is 10.1. The standard InChI is InChI=1S/C23H18Cl2N2O2S/c1-2-29-19-9-6-10-20-21(19)26-23(30-20)27(14-15-7-4-3-5-8-15)22(28)17-12-11-16(24)13-18(17)25/h3-13H,2,14H2,1H3. The van der Waals surface area contributed by atoms with E-state index in [0.717, 1.165) is 15.8 Å². The van der Waals surface area contributed by atoms with Gasteiger partial charge in [-0.15, -0.1) is 0 Å². The number of carbonyl (C=O) groups is 1. The van der Waals surface area contributed by atoms with Crippen LogP contribution in [0.1, 0.15) is 22.8 Å². The summed E-state index contributed by atoms with van der Waals surface area (Å²) in [6.45, 7) is 2.83. The molecule has 0 saturated carbocycles. The number of fused-ring (bicyclic) bond motifs is 1. The summed E-state index contributed by atoms with van der Waals surface area (Å²) in [5, 5.41) is 1.37. The molecule has 0 spiro atoms. The number of thiazole rings is 1. The molecule has 0 bridgehead atoms. The Hall–Kier alpha value is -2.60. The van der Waals surface area contributed by atoms with Gasteiger partial charge in [-0.3, -0.25) is 9.69 Å². The first kappa shape index (κ1) is 20.7. The Morgan fingerprint density at radius 2 is 1.87 bits per heavy atom. The summed E-state index contributed by atoms with van der Waals surface area (Å²) in [6.07, 6.45) is 0. The highest BCUT2D eigenvalue weighted by molar-refractivity contribution is 7.22. The van der Waals surface area contributed by atoms with Gasteiger partial charge in [0.05, 0.1) is 28.4 Å². The molecular formula is C23H18Cl2N2O2S. The average molecular weight is 457 g/mol. The van der Waals surface area contributed by atoms with Gasteiger partial charge in [-0.2, -0.15) is 0 Å². The zero-order chi connectivity index (χ0) is 21.1. The van der Waals surface area contributed by atoms with Crippen molar-refractivity contribution in [2.24, 2.45) is 0 Å². The van der Waals surface area contributed by atoms with Crippen molar-refractivity contribution >= 4 is 55.8 Å². The van der Waals surface area contributed by atoms with Crippen molar-refractivity contribution < 1.29 is 9.53 Å². The predicted octanol–water partition coefficient (Wildman–Crippen LogP) is 6.85. The molecule has 152 valence electrons. The maximum absolute atomic E-state index is 13.5. The number of para-hydroxylation sites is 1. The Labute approximate surface area is 188 Å². The Kier molecular flexibility index (Phi) is 6.23. The van der Waals surface area contributed by atoms with Crippen molar-refractivity contribution in [1.82, 2.24) is 4.98 Å². The van der Waals surface area contributed by atoms with E-state index < -0.39 is 0 Å². The fourth-order valence-electron chi connectivity index (χ4n) is 3.10. The van der Waals surface area contributed by atoms with Crippen LogP contribution in [0.5, 0.6) is 5.75 Å². The molecule has 30 heavy (non-hydrogen) atoms. The van der Waals surface area contributed by atoms with Gasteiger partial charge in [-0.1, -0.05) is 70.9 Å². The minimum absolute atomic E-state index is 0.238. The van der Waals surface area contributed by atoms with Crippen molar-refractivity contribution in [3.8, 4) is 5.75 Å². The summed E-state index contributed by atoms with van der Waals surface area (Å²) < 4.78 is 6.66. The number of amides is 1. The number of carbonyl (C=O) groups excluding carboxylic acids is 1. The van der Waals surface area contributed by atoms with Crippen LogP contribution in [0, 0.1) is 0 Å². The van der Waals surface area contributed by atoms with Crippen LogP contribution in [0.2, 0.25) is 10.0 Å². The second-order valence-corrected chi connectivity index (χ2v) is 8.39. The molecule has 1 amide bonds. The molecule has 1 heterocycles. The molecule has 0 aliphatic heterocycles. The third-order valence-electron chi connectivity index (χ3n) is 4.49. The molecule has 1 aromatic heterocycles. The van der Waals surface area contributed by atoms with Gasteiger partial charge in [-0.25, -0.2) is 4.98 Å². The van der Waals surface area contributed by atoms with E-state index in [9.17, 15) is 4.79 Å². The number of nitrogens with zero attached hydrogens (tertiary/aromatic N) is 2. The van der Waals surface area contributed by atoms with Gasteiger partial charge in [0.25, 0.3) is 5.91 Å². The summed E-state index contributed by atoms with van der Waals surface area (Å²) in [4.78, 5) is 19.9. The van der Waals surface area contributed by atoms with E-state index in [1.165, 1.54) is 11.3 Å². The molecule has 4 nitrogen and oxygen atoms in total. The monoisotopic (exact) mass is 456 g/mol. The molecule has 7 heteroatoms. The Balaban J connectivity index is 1.80. The molecule has 0 fully saturated rings. The van der Waals surface area contributed by atoms with E-state index in [4.69, 9.17) is 32.9 Å². The summed E-state index contributed by atoms with van der Waals surface area (Å²) in [6, 6.07) is 20.4. The van der Waals surface area contributed by atoms with E-state index in [-0.39, 0.29) is 5.91 Å². The van der Waals surface area contributed by atoms with Crippen LogP contribution in [-0.2, 0) is 6.54 Å². The lowest BCUT2D eigenvalue weighted by molar-refractivity contribution is 0.0985. The summed E-state index contributed by atoms with van der Waals surface area (Å²) in [5.41, 5.74) is 2.11. The number of hydrogen-bond acceptors (Lipinski definition) is 4. The van der Waals surface area contributed by atoms with Crippen molar-refractivity contribution in [1.29, 1.82) is 0 Å². The number of halogens is 2. The zero-order valence-corrected chi connectivity index (χ0v) is 18.5. The van der Waals surface area contributed by atoms with Crippen LogP contribution in [-0.4, -0.2) is 17.5 Å². The highest BCUT2D eigenvalue weighted by Crippen LogP contribution is 2.36. The summed E-state index contributed by atoms with van der Waals surface area (Å²) in [7, 11) is 0. The second-order valence-electron chi connectivity index (χ2n) is 6.53. The van der Waals surface area contributed by atoms with E-state index in [1.54, 1.807) is 23.1 Å². The number of anilines is 1. The van der Waals surface area contributed by atoms with Crippen molar-refractivity contribution in [2.75, 3.05) is 11.5 Å². The van der Waals surface area contributed by atoms with Gasteiger partial charge < -0.3 is 4.74 Å². The summed E-state index contributed by atoms with van der Waals surface area (Å²) in [5.74, 6) is 0.465. The van der Waals surface area contributed by atoms with E-state index >= 15 is 0 Å². The molecule has 0 saturated heterocycles. The maximum Gasteiger partial charge on any atom is 0.261 e. The lowest BCUT2D eigenvalue weighted by Gasteiger charge is -2.20. The normalized spacial score (nSPS) is 10.9. The molecule has 0 atom stereocenters. The van der Waals surface area contributed by atoms with Gasteiger partial charge in [0, 0.05) is 5.02 Å². The van der Waals surface area contributed by atoms with Crippen LogP contribution in [0.15, 0.2) is 66.7 Å². The van der Waals surface area contributed by atoms with Gasteiger partial charge in [0.15, 0.2) is 5.13 Å². The molecule has 4 aromatic rings. The molecule has 4 rings (SSSR count). The van der Waals surface area contributed by atoms with Crippen LogP contribution in [0.25, 0.3) is 10.2 Å². The minimum Gasteiger partial charge on any atom is -0.492 e. The van der Waals surface area contributed by atoms with E-state index in [1.807, 2.05) is 55.5 Å². The molecular weight excluding hydrogens is 439 g/mol. The maximum atomic E-state index is 13.5. The number of rotatable bonds is 6. The highest BCUT2D eigenvalue weighted by atomic mass is 35.5. The topological polar surface area (TPSA) is 42.4 Å². The van der Waals surface area contributed by atoms with Crippen molar-refractivity contribution in [3.05, 3.63) is 87.9 Å². The first-order valence-corrected chi connectivity index (χ1v) is 11.0. The number of benzene rings is 3. The van der Waals surface area contributed by atoms with Gasteiger partial charge >= 0.3 is 0 Å². The SMILES string of the molecule is CCOc1cccc2sc(N(Cc3ccccc3)C(=O)c3ccc(Cl)cc3Cl)nc12. The lowest BCUT2D eigenvalue weighted by Crippen LogP contribution is -2.30. The fraction of sp³-hybridized carbons (Fsp3) is 0.130. The molecule has 0 aliphatic rings. The van der Waals surface area contributed by atoms with E-state index in [0.29, 0.717) is 39.6 Å². The first-order chi connectivity index (χ1) is 14.6. The molecule has 3 aromatic carbocycles. The van der Waals surface area contributed by atoms with Crippen molar-refractivity contribution in [2.45, 2.75) is 13.5 Å². The third-order valence-corrected chi connectivity index (χ3v) is 6.08. The second kappa shape index (κ2) is 9.04. The molecule has 0 aliphatic carbocycles. The van der Waals surface area contributed by atoms with Crippen LogP contribution < -0.4 is 9.64 Å². The highest BCUT2D eigenvalue weighted by Gasteiger charge is 2.24. The number of ether oxygens (including phenoxy) is 1. The summed E-state index contributed by atoms with van der Waals surface area (Å²) >= 11 is 13.8. The number of aromatic nitrogens is 1. The largest absolute Gasteiger partial charge is 0.492 e. The van der Waals surface area contributed by atoms with Crippen LogP contribution in [0.4, 0.5) is 5.13 Å². The Morgan fingerprint density at radius 1 is 1.07 bits per heavy atom. The minimum atomic E-state index is -0.238. The first-order valence-electron chi connectivity index (χ1n) is 9.40. The molecule has 0 radical (unpaired) electrons. The van der Waals surface area contributed by atoms with Crippen LogP contribution in [0.3, 0.4) is 0 Å². The Bertz CT molecular complexity index is 1190. The smallest absolute Gasteiger partial charge is 0.261 e. The molecule has 0 unspecified atom stereocenters. The number of hydrogen-bond donors (Lipinski definition) is 0. The fourth-order valence-corrected chi connectivity index (χ4v) is 4.57. The average Bonchev–Trinajstić information content (AvgIpc) is 3.17. The van der Waals surface area contributed by atoms with Crippen LogP contribution >= 0.6 is 34.5 Å².